The third kappa shape index (κ3) is 5.65. The van der Waals surface area contributed by atoms with E-state index in [4.69, 9.17) is 24.3 Å². The Balaban J connectivity index is 1.39. The molecule has 3 N–H and O–H groups in total. The van der Waals surface area contributed by atoms with Crippen LogP contribution in [-0.2, 0) is 23.1 Å². The Morgan fingerprint density at radius 3 is 2.89 bits per heavy atom. The Morgan fingerprint density at radius 1 is 1.40 bits per heavy atom. The first-order valence-corrected chi connectivity index (χ1v) is 14.3. The van der Waals surface area contributed by atoms with E-state index in [0.717, 1.165) is 0 Å². The van der Waals surface area contributed by atoms with Crippen molar-refractivity contribution in [2.24, 2.45) is 11.3 Å². The van der Waals surface area contributed by atoms with Crippen LogP contribution in [0.15, 0.2) is 6.33 Å². The largest absolute Gasteiger partial charge is 0.476 e. The van der Waals surface area contributed by atoms with Gasteiger partial charge in [0, 0.05) is 23.6 Å². The number of nitrogens with two attached hydrogens (primary N) is 1. The highest BCUT2D eigenvalue weighted by Gasteiger charge is 2.51. The topological polar surface area (TPSA) is 153 Å². The van der Waals surface area contributed by atoms with Crippen LogP contribution in [0.3, 0.4) is 0 Å². The molecular formula is C21H33N6O6PS. The van der Waals surface area contributed by atoms with E-state index >= 15 is 0 Å². The monoisotopic (exact) mass is 528 g/mol. The summed E-state index contributed by atoms with van der Waals surface area (Å²) in [5.74, 6) is 0.797. The van der Waals surface area contributed by atoms with E-state index < -0.39 is 19.9 Å². The standard InChI is InChI=1S/C21H33N6O6PS/c1-6-30-17-14-16(25-20(22)26-17)27(10-24-14)18-12(2)15-13(32-18)9-31-34(29,33-15)11-23-7-8-35-19(28)21(3,4)5/h10,12-13,15,18,23H,6-9,11H2,1-5H3,(H2,22,25,26)/t12-,13+,15-,18+,34-/m0/s1. The predicted molar refractivity (Wildman–Crippen MR) is 132 cm³/mol. The number of imidazole rings is 1. The molecule has 4 heterocycles. The lowest BCUT2D eigenvalue weighted by Gasteiger charge is -2.32. The van der Waals surface area contributed by atoms with Crippen LogP contribution in [0.25, 0.3) is 11.2 Å². The SMILES string of the molecule is CCOc1nc(N)nc2c1ncn2[C@@H]1O[C@@H]2CO[P@@](=O)(CNCCSC(=O)C(C)(C)C)O[C@H]2[C@@H]1C. The molecule has 35 heavy (non-hydrogen) atoms. The van der Waals surface area contributed by atoms with Gasteiger partial charge in [0.2, 0.25) is 11.8 Å². The van der Waals surface area contributed by atoms with E-state index in [2.05, 4.69) is 20.3 Å². The van der Waals surface area contributed by atoms with Crippen LogP contribution in [0.5, 0.6) is 5.88 Å². The van der Waals surface area contributed by atoms with Gasteiger partial charge in [-0.1, -0.05) is 39.5 Å². The molecule has 194 valence electrons. The summed E-state index contributed by atoms with van der Waals surface area (Å²) < 4.78 is 38.4. The van der Waals surface area contributed by atoms with Gasteiger partial charge in [-0.15, -0.1) is 0 Å². The normalized spacial score (nSPS) is 28.8. The molecule has 0 bridgehead atoms. The summed E-state index contributed by atoms with van der Waals surface area (Å²) in [5, 5.41) is 3.22. The smallest absolute Gasteiger partial charge is 0.344 e. The minimum absolute atomic E-state index is 0.0629. The lowest BCUT2D eigenvalue weighted by atomic mass is 10.00. The molecule has 2 saturated heterocycles. The molecule has 0 amide bonds. The average Bonchev–Trinajstić information content (AvgIpc) is 3.33. The fraction of sp³-hybridized carbons (Fsp3) is 0.714. The van der Waals surface area contributed by atoms with Crippen molar-refractivity contribution < 1.29 is 27.9 Å². The maximum Gasteiger partial charge on any atom is 0.344 e. The van der Waals surface area contributed by atoms with Gasteiger partial charge < -0.3 is 29.6 Å². The van der Waals surface area contributed by atoms with Gasteiger partial charge in [0.15, 0.2) is 16.3 Å². The van der Waals surface area contributed by atoms with Crippen molar-refractivity contribution in [2.75, 3.05) is 37.5 Å². The van der Waals surface area contributed by atoms with Gasteiger partial charge in [-0.2, -0.15) is 9.97 Å². The zero-order valence-electron chi connectivity index (χ0n) is 20.6. The highest BCUT2D eigenvalue weighted by molar-refractivity contribution is 8.13. The number of nitrogens with zero attached hydrogens (tertiary/aromatic N) is 4. The van der Waals surface area contributed by atoms with E-state index in [-0.39, 0.29) is 41.4 Å². The van der Waals surface area contributed by atoms with Crippen LogP contribution in [0.1, 0.15) is 40.8 Å². The van der Waals surface area contributed by atoms with Crippen molar-refractivity contribution in [3.05, 3.63) is 6.33 Å². The summed E-state index contributed by atoms with van der Waals surface area (Å²) >= 11 is 1.26. The first-order chi connectivity index (χ1) is 16.5. The number of carbonyl (C=O) groups is 1. The number of rotatable bonds is 8. The number of hydrogen-bond donors (Lipinski definition) is 2. The van der Waals surface area contributed by atoms with Crippen molar-refractivity contribution in [2.45, 2.75) is 53.1 Å². The summed E-state index contributed by atoms with van der Waals surface area (Å²) in [6.45, 7) is 10.6. The van der Waals surface area contributed by atoms with Gasteiger partial charge in [0.25, 0.3) is 0 Å². The Bertz CT molecular complexity index is 1120. The molecule has 12 nitrogen and oxygen atoms in total. The fourth-order valence-corrected chi connectivity index (χ4v) is 6.56. The maximum absolute atomic E-state index is 13.2. The molecule has 0 radical (unpaired) electrons. The number of thioether (sulfide) groups is 1. The lowest BCUT2D eigenvalue weighted by Crippen LogP contribution is -2.37. The number of carbonyl (C=O) groups excluding carboxylic acids is 1. The van der Waals surface area contributed by atoms with E-state index in [1.807, 2.05) is 34.6 Å². The van der Waals surface area contributed by atoms with Gasteiger partial charge in [-0.3, -0.25) is 13.9 Å². The van der Waals surface area contributed by atoms with Crippen LogP contribution in [0.4, 0.5) is 5.95 Å². The number of nitrogen functional groups attached to an aromatic ring is 1. The third-order valence-electron chi connectivity index (χ3n) is 5.76. The molecule has 0 aliphatic carbocycles. The number of fused-ring (bicyclic) bond motifs is 2. The van der Waals surface area contributed by atoms with E-state index in [1.165, 1.54) is 11.8 Å². The molecule has 0 saturated carbocycles. The summed E-state index contributed by atoms with van der Waals surface area (Å²) in [6, 6.07) is 0. The number of ether oxygens (including phenoxy) is 2. The summed E-state index contributed by atoms with van der Waals surface area (Å²) in [7, 11) is -3.37. The molecule has 4 rings (SSSR count). The van der Waals surface area contributed by atoms with Gasteiger partial charge in [0.05, 0.1) is 25.8 Å². The van der Waals surface area contributed by atoms with Crippen molar-refractivity contribution in [3.8, 4) is 5.88 Å². The summed E-state index contributed by atoms with van der Waals surface area (Å²) in [4.78, 5) is 24.9. The molecule has 14 heteroatoms. The van der Waals surface area contributed by atoms with Crippen LogP contribution >= 0.6 is 19.4 Å². The summed E-state index contributed by atoms with van der Waals surface area (Å²) in [5.41, 5.74) is 6.47. The Kier molecular flexibility index (Phi) is 7.75. The Labute approximate surface area is 208 Å². The summed E-state index contributed by atoms with van der Waals surface area (Å²) in [6.07, 6.45) is 0.383. The quantitative estimate of drug-likeness (QED) is 0.383. The highest BCUT2D eigenvalue weighted by Crippen LogP contribution is 2.56. The van der Waals surface area contributed by atoms with Crippen LogP contribution in [-0.4, -0.2) is 68.6 Å². The Hall–Kier alpha value is -1.76. The van der Waals surface area contributed by atoms with Gasteiger partial charge in [0.1, 0.15) is 18.4 Å². The van der Waals surface area contributed by atoms with Gasteiger partial charge >= 0.3 is 7.60 Å². The molecule has 5 atom stereocenters. The zero-order chi connectivity index (χ0) is 25.4. The van der Waals surface area contributed by atoms with Crippen LogP contribution < -0.4 is 15.8 Å². The third-order valence-corrected chi connectivity index (χ3v) is 8.76. The van der Waals surface area contributed by atoms with Crippen LogP contribution in [0, 0.1) is 11.3 Å². The molecule has 2 aromatic heterocycles. The van der Waals surface area contributed by atoms with Gasteiger partial charge in [-0.05, 0) is 6.92 Å². The molecule has 2 aliphatic heterocycles. The van der Waals surface area contributed by atoms with E-state index in [0.29, 0.717) is 35.9 Å². The minimum atomic E-state index is -3.37. The first-order valence-electron chi connectivity index (χ1n) is 11.6. The first kappa shape index (κ1) is 26.3. The van der Waals surface area contributed by atoms with Crippen molar-refractivity contribution in [3.63, 3.8) is 0 Å². The van der Waals surface area contributed by atoms with E-state index in [1.54, 1.807) is 10.9 Å². The van der Waals surface area contributed by atoms with Crippen molar-refractivity contribution in [1.82, 2.24) is 24.8 Å². The molecule has 0 spiro atoms. The maximum atomic E-state index is 13.2. The number of anilines is 1. The molecule has 0 unspecified atom stereocenters. The second-order valence-electron chi connectivity index (χ2n) is 9.59. The number of hydrogen-bond acceptors (Lipinski definition) is 12. The van der Waals surface area contributed by atoms with Crippen molar-refractivity contribution in [1.29, 1.82) is 0 Å². The molecule has 0 aromatic carbocycles. The minimum Gasteiger partial charge on any atom is -0.476 e. The zero-order valence-corrected chi connectivity index (χ0v) is 22.3. The molecule has 2 fully saturated rings. The van der Waals surface area contributed by atoms with Crippen molar-refractivity contribution >= 4 is 41.6 Å². The number of nitrogens with one attached hydrogen (secondary N) is 1. The molecular weight excluding hydrogens is 495 g/mol. The fourth-order valence-electron chi connectivity index (χ4n) is 3.96. The second kappa shape index (κ2) is 10.3. The van der Waals surface area contributed by atoms with E-state index in [9.17, 15) is 9.36 Å². The second-order valence-corrected chi connectivity index (χ2v) is 12.7. The Morgan fingerprint density at radius 2 is 2.17 bits per heavy atom. The van der Waals surface area contributed by atoms with Gasteiger partial charge in [-0.25, -0.2) is 4.98 Å². The molecule has 2 aromatic rings. The average molecular weight is 529 g/mol. The predicted octanol–water partition coefficient (Wildman–Crippen LogP) is 2.80. The highest BCUT2D eigenvalue weighted by atomic mass is 32.2. The molecule has 2 aliphatic rings. The van der Waals surface area contributed by atoms with Crippen LogP contribution in [0.2, 0.25) is 0 Å². The lowest BCUT2D eigenvalue weighted by molar-refractivity contribution is -0.117. The number of aromatic nitrogens is 4.